The van der Waals surface area contributed by atoms with Gasteiger partial charge in [0.05, 0.1) is 0 Å². The Morgan fingerprint density at radius 2 is 1.81 bits per heavy atom. The predicted molar refractivity (Wildman–Crippen MR) is 108 cm³/mol. The Balaban J connectivity index is 1.81. The third-order valence-electron chi connectivity index (χ3n) is 4.77. The number of fused-ring (bicyclic) bond motifs is 3. The Kier molecular flexibility index (Phi) is 5.41. The molecule has 0 unspecified atom stereocenters. The molecule has 0 aromatic heterocycles. The molecule has 1 heterocycles. The number of anilines is 1. The van der Waals surface area contributed by atoms with E-state index in [1.165, 1.54) is 12.5 Å². The molecule has 0 saturated heterocycles. The Morgan fingerprint density at radius 1 is 1.11 bits per heavy atom. The van der Waals surface area contributed by atoms with Crippen molar-refractivity contribution in [2.45, 2.75) is 20.4 Å². The van der Waals surface area contributed by atoms with Gasteiger partial charge in [-0.3, -0.25) is 0 Å². The van der Waals surface area contributed by atoms with E-state index >= 15 is 0 Å². The van der Waals surface area contributed by atoms with Gasteiger partial charge in [0.1, 0.15) is 0 Å². The van der Waals surface area contributed by atoms with Crippen molar-refractivity contribution in [3.63, 3.8) is 0 Å². The van der Waals surface area contributed by atoms with Crippen molar-refractivity contribution in [3.05, 3.63) is 79.5 Å². The van der Waals surface area contributed by atoms with Crippen LogP contribution in [0.15, 0.2) is 70.3 Å². The van der Waals surface area contributed by atoms with Crippen molar-refractivity contribution in [1.82, 2.24) is 0 Å². The second kappa shape index (κ2) is 7.94. The molecule has 0 fully saturated rings. The van der Waals surface area contributed by atoms with Crippen LogP contribution in [0.2, 0.25) is 6.82 Å². The first-order valence-electron chi connectivity index (χ1n) is 9.14. The second-order valence-corrected chi connectivity index (χ2v) is 9.62. The summed E-state index contributed by atoms with van der Waals surface area (Å²) in [5.41, 5.74) is 2.26. The second-order valence-electron chi connectivity index (χ2n) is 6.62. The number of allylic oxidation sites excluding steroid dienone is 1. The molecule has 0 radical (unpaired) electrons. The summed E-state index contributed by atoms with van der Waals surface area (Å²) in [6, 6.07) is 20.8. The van der Waals surface area contributed by atoms with E-state index in [4.69, 9.17) is 4.74 Å². The van der Waals surface area contributed by atoms with Gasteiger partial charge in [-0.15, -0.1) is 0 Å². The number of benzene rings is 3. The van der Waals surface area contributed by atoms with E-state index in [0.29, 0.717) is 6.61 Å². The minimum absolute atomic E-state index is 0.240. The molecule has 0 amide bonds. The first-order valence-corrected chi connectivity index (χ1v) is 11.3. The average Bonchev–Trinajstić information content (AvgIpc) is 2.72. The third-order valence-corrected chi connectivity index (χ3v) is 8.10. The zero-order valence-electron chi connectivity index (χ0n) is 15.5. The van der Waals surface area contributed by atoms with E-state index in [0.717, 1.165) is 28.9 Å². The maximum absolute atomic E-state index is 10.4. The van der Waals surface area contributed by atoms with Gasteiger partial charge in [0, 0.05) is 0 Å². The van der Waals surface area contributed by atoms with Gasteiger partial charge in [-0.1, -0.05) is 0 Å². The average molecular weight is 470 g/mol. The van der Waals surface area contributed by atoms with Gasteiger partial charge in [0.2, 0.25) is 0 Å². The van der Waals surface area contributed by atoms with E-state index in [9.17, 15) is 5.02 Å². The van der Waals surface area contributed by atoms with Gasteiger partial charge in [0.15, 0.2) is 0 Å². The SMILES string of the molecule is C/C=C1/CN(B(C)O)c2cc(OCc3ccccc3)c3ccccc3c2[I-]1. The molecule has 5 heteroatoms. The van der Waals surface area contributed by atoms with Crippen LogP contribution in [0.3, 0.4) is 0 Å². The predicted octanol–water partition coefficient (Wildman–Crippen LogP) is 1.51. The molecule has 3 nitrogen and oxygen atoms in total. The maximum atomic E-state index is 10.4. The molecule has 1 aliphatic heterocycles. The van der Waals surface area contributed by atoms with Gasteiger partial charge < -0.3 is 0 Å². The fourth-order valence-corrected chi connectivity index (χ4v) is 6.38. The van der Waals surface area contributed by atoms with Crippen molar-refractivity contribution in [1.29, 1.82) is 0 Å². The van der Waals surface area contributed by atoms with Crippen LogP contribution in [0.5, 0.6) is 5.75 Å². The molecule has 0 spiro atoms. The third kappa shape index (κ3) is 3.71. The first-order chi connectivity index (χ1) is 13.2. The summed E-state index contributed by atoms with van der Waals surface area (Å²) in [5, 5.41) is 12.8. The van der Waals surface area contributed by atoms with Crippen LogP contribution >= 0.6 is 0 Å². The molecule has 3 aromatic carbocycles. The zero-order chi connectivity index (χ0) is 18.8. The van der Waals surface area contributed by atoms with E-state index in [1.807, 2.05) is 25.0 Å². The molecule has 138 valence electrons. The van der Waals surface area contributed by atoms with Gasteiger partial charge >= 0.3 is 171 Å². The van der Waals surface area contributed by atoms with Gasteiger partial charge in [-0.2, -0.15) is 0 Å². The van der Waals surface area contributed by atoms with Gasteiger partial charge in [-0.05, 0) is 0 Å². The molecule has 1 aliphatic rings. The van der Waals surface area contributed by atoms with Crippen LogP contribution in [0.25, 0.3) is 10.8 Å². The van der Waals surface area contributed by atoms with Crippen LogP contribution in [-0.4, -0.2) is 18.6 Å². The molecule has 3 aromatic rings. The van der Waals surface area contributed by atoms with Crippen LogP contribution in [-0.2, 0) is 6.61 Å². The van der Waals surface area contributed by atoms with E-state index in [1.54, 1.807) is 0 Å². The van der Waals surface area contributed by atoms with E-state index in [-0.39, 0.29) is 21.2 Å². The molecule has 1 N–H and O–H groups in total. The molecule has 0 aliphatic carbocycles. The standard InChI is InChI=1S/C22H22BINO2/c1-3-17-14-25(23(2)26)20-13-21(27-15-16-9-5-4-6-10-16)18-11-7-8-12-19(18)22(20)24-17/h3-13,26H,14-15H2,1-2H3/q-1/b17-3-. The summed E-state index contributed by atoms with van der Waals surface area (Å²) in [6.45, 7) is 5.26. The summed E-state index contributed by atoms with van der Waals surface area (Å²) in [7, 11) is -0.536. The van der Waals surface area contributed by atoms with Crippen LogP contribution < -0.4 is 30.8 Å². The Morgan fingerprint density at radius 3 is 2.52 bits per heavy atom. The van der Waals surface area contributed by atoms with Crippen molar-refractivity contribution in [2.75, 3.05) is 11.4 Å². The normalized spacial score (nSPS) is 15.4. The molecule has 0 saturated carbocycles. The monoisotopic (exact) mass is 470 g/mol. The van der Waals surface area contributed by atoms with Crippen molar-refractivity contribution < 1.29 is 31.0 Å². The topological polar surface area (TPSA) is 32.7 Å². The summed E-state index contributed by atoms with van der Waals surface area (Å²) in [5.74, 6) is 0.881. The van der Waals surface area contributed by atoms with Crippen molar-refractivity contribution in [3.8, 4) is 5.75 Å². The van der Waals surface area contributed by atoms with Gasteiger partial charge in [0.25, 0.3) is 0 Å². The Bertz CT molecular complexity index is 988. The van der Waals surface area contributed by atoms with Crippen molar-refractivity contribution >= 4 is 23.5 Å². The number of rotatable bonds is 4. The van der Waals surface area contributed by atoms with E-state index in [2.05, 4.69) is 60.3 Å². The van der Waals surface area contributed by atoms with Crippen LogP contribution in [0.4, 0.5) is 5.69 Å². The summed E-state index contributed by atoms with van der Waals surface area (Å²) in [6.07, 6.45) is 2.21. The molecule has 4 rings (SSSR count). The number of hydrogen-bond donors (Lipinski definition) is 1. The first kappa shape index (κ1) is 18.4. The zero-order valence-corrected chi connectivity index (χ0v) is 17.7. The molecule has 0 bridgehead atoms. The summed E-state index contributed by atoms with van der Waals surface area (Å²) in [4.78, 5) is 2.08. The fourth-order valence-electron chi connectivity index (χ4n) is 3.33. The summed E-state index contributed by atoms with van der Waals surface area (Å²) >= 11 is -0.240. The number of nitrogens with zero attached hydrogens (tertiary/aromatic N) is 1. The Hall–Kier alpha value is -1.99. The number of halogens is 1. The van der Waals surface area contributed by atoms with Crippen LogP contribution in [0, 0.1) is 3.57 Å². The summed E-state index contributed by atoms with van der Waals surface area (Å²) < 4.78 is 9.05. The molecule has 27 heavy (non-hydrogen) atoms. The molecular formula is C22H22BINO2-. The van der Waals surface area contributed by atoms with E-state index < -0.39 is 7.05 Å². The fraction of sp³-hybridized carbons (Fsp3) is 0.182. The Labute approximate surface area is 171 Å². The van der Waals surface area contributed by atoms with Gasteiger partial charge in [-0.25, -0.2) is 0 Å². The minimum atomic E-state index is -0.536. The van der Waals surface area contributed by atoms with Crippen LogP contribution in [0.1, 0.15) is 12.5 Å². The molecular weight excluding hydrogens is 448 g/mol. The molecule has 0 atom stereocenters. The number of ether oxygens (including phenoxy) is 1. The quantitative estimate of drug-likeness (QED) is 0.464. The van der Waals surface area contributed by atoms with Crippen molar-refractivity contribution in [2.24, 2.45) is 0 Å². The number of hydrogen-bond acceptors (Lipinski definition) is 3.